The van der Waals surface area contributed by atoms with Crippen LogP contribution in [0.2, 0.25) is 0 Å². The van der Waals surface area contributed by atoms with Crippen LogP contribution in [0, 0.1) is 0 Å². The monoisotopic (exact) mass is 198 g/mol. The van der Waals surface area contributed by atoms with E-state index in [2.05, 4.69) is 57.6 Å². The molecule has 0 nitrogen and oxygen atoms in total. The Morgan fingerprint density at radius 1 is 0.643 bits per heavy atom. The van der Waals surface area contributed by atoms with Gasteiger partial charge < -0.3 is 0 Å². The van der Waals surface area contributed by atoms with Crippen molar-refractivity contribution in [1.82, 2.24) is 0 Å². The van der Waals surface area contributed by atoms with Gasteiger partial charge in [-0.15, -0.1) is 0 Å². The van der Waals surface area contributed by atoms with E-state index in [1.807, 2.05) is 12.1 Å². The van der Waals surface area contributed by atoms with Crippen LogP contribution in [0.25, 0.3) is 0 Å². The molecule has 2 heteroatoms. The van der Waals surface area contributed by atoms with Gasteiger partial charge in [0.1, 0.15) is 0 Å². The summed E-state index contributed by atoms with van der Waals surface area (Å²) in [5.41, 5.74) is 2.67. The molecule has 0 amide bonds. The summed E-state index contributed by atoms with van der Waals surface area (Å²) in [5, 5.41) is 0. The smallest absolute Gasteiger partial charge is 0.161 e. The van der Waals surface area contributed by atoms with Crippen molar-refractivity contribution in [2.45, 2.75) is 0 Å². The molecule has 0 aliphatic rings. The van der Waals surface area contributed by atoms with Gasteiger partial charge in [0, 0.05) is 0 Å². The lowest BCUT2D eigenvalue weighted by molar-refractivity contribution is 1.74. The Morgan fingerprint density at radius 2 is 1.00 bits per heavy atom. The third-order valence-electron chi connectivity index (χ3n) is 2.32. The Balaban J connectivity index is 2.30. The lowest BCUT2D eigenvalue weighted by atomic mass is 9.62. The third-order valence-corrected chi connectivity index (χ3v) is 3.09. The molecule has 2 aromatic rings. The van der Waals surface area contributed by atoms with Gasteiger partial charge in [-0.25, -0.2) is 0 Å². The van der Waals surface area contributed by atoms with E-state index in [1.54, 1.807) is 0 Å². The molecule has 68 valence electrons. The van der Waals surface area contributed by atoms with Gasteiger partial charge in [0.15, 0.2) is 0 Å². The van der Waals surface area contributed by atoms with Crippen molar-refractivity contribution in [3.8, 4) is 0 Å². The van der Waals surface area contributed by atoms with E-state index < -0.39 is 0 Å². The predicted molar refractivity (Wildman–Crippen MR) is 67.6 cm³/mol. The van der Waals surface area contributed by atoms with Crippen LogP contribution in [-0.4, -0.2) is 6.43 Å². The molecule has 2 rings (SSSR count). The summed E-state index contributed by atoms with van der Waals surface area (Å²) in [4.78, 5) is 0. The van der Waals surface area contributed by atoms with Gasteiger partial charge in [0.05, 0.1) is 0 Å². The number of hydrogen-bond donors (Lipinski definition) is 0. The summed E-state index contributed by atoms with van der Waals surface area (Å²) in [6.45, 7) is 0. The van der Waals surface area contributed by atoms with Gasteiger partial charge in [-0.05, 0) is 0 Å². The van der Waals surface area contributed by atoms with Gasteiger partial charge >= 0.3 is 0 Å². The van der Waals surface area contributed by atoms with Gasteiger partial charge in [-0.1, -0.05) is 71.6 Å². The van der Waals surface area contributed by atoms with E-state index in [0.29, 0.717) is 6.43 Å². The van der Waals surface area contributed by atoms with Crippen LogP contribution in [0.15, 0.2) is 60.7 Å². The molecule has 0 heterocycles. The van der Waals surface area contributed by atoms with Crippen LogP contribution in [-0.2, 0) is 0 Å². The molecule has 1 unspecified atom stereocenters. The predicted octanol–water partition coefficient (Wildman–Crippen LogP) is 1.67. The quantitative estimate of drug-likeness (QED) is 0.508. The highest BCUT2D eigenvalue weighted by Gasteiger charge is 2.11. The molecule has 1 atom stereocenters. The summed E-state index contributed by atoms with van der Waals surface area (Å²) in [6, 6.07) is 21.0. The molecule has 0 saturated carbocycles. The van der Waals surface area contributed by atoms with Crippen molar-refractivity contribution in [3.63, 3.8) is 0 Å². The summed E-state index contributed by atoms with van der Waals surface area (Å²) >= 11 is 0. The molecule has 0 saturated heterocycles. The summed E-state index contributed by atoms with van der Waals surface area (Å²) in [6.07, 6.45) is 0.400. The molecule has 2 aromatic carbocycles. The topological polar surface area (TPSA) is 0 Å². The largest absolute Gasteiger partial charge is 0.230 e. The van der Waals surface area contributed by atoms with E-state index in [9.17, 15) is 0 Å². The van der Waals surface area contributed by atoms with Gasteiger partial charge in [-0.3, -0.25) is 0 Å². The van der Waals surface area contributed by atoms with Crippen molar-refractivity contribution in [1.29, 1.82) is 0 Å². The van der Waals surface area contributed by atoms with Gasteiger partial charge in [0.2, 0.25) is 6.43 Å². The maximum atomic E-state index is 2.89. The van der Waals surface area contributed by atoms with Crippen molar-refractivity contribution >= 4 is 26.5 Å². The Bertz CT molecular complexity index is 346. The van der Waals surface area contributed by atoms with Crippen LogP contribution in [0.1, 0.15) is 0 Å². The van der Waals surface area contributed by atoms with Gasteiger partial charge in [0.25, 0.3) is 0 Å². The standard InChI is InChI=1S/C12H12BP/c14-13(11-7-3-1-4-8-11)12-9-5-2-6-10-12/h1-10H,14H2. The van der Waals surface area contributed by atoms with E-state index in [0.717, 1.165) is 0 Å². The zero-order valence-electron chi connectivity index (χ0n) is 7.93. The lowest BCUT2D eigenvalue weighted by Crippen LogP contribution is -2.36. The molecule has 0 fully saturated rings. The van der Waals surface area contributed by atoms with Crippen LogP contribution < -0.4 is 10.9 Å². The Labute approximate surface area is 87.6 Å². The minimum Gasteiger partial charge on any atom is -0.161 e. The average molecular weight is 198 g/mol. The fourth-order valence-corrected chi connectivity index (χ4v) is 1.96. The second kappa shape index (κ2) is 4.44. The van der Waals surface area contributed by atoms with Crippen LogP contribution in [0.3, 0.4) is 0 Å². The van der Waals surface area contributed by atoms with Gasteiger partial charge in [-0.2, -0.15) is 9.12 Å². The molecule has 0 N–H and O–H groups in total. The normalized spacial score (nSPS) is 9.79. The van der Waals surface area contributed by atoms with Crippen LogP contribution >= 0.6 is 9.12 Å². The first-order valence-corrected chi connectivity index (χ1v) is 5.40. The van der Waals surface area contributed by atoms with Crippen LogP contribution in [0.4, 0.5) is 0 Å². The fraction of sp³-hybridized carbons (Fsp3) is 0. The lowest BCUT2D eigenvalue weighted by Gasteiger charge is -2.07. The van der Waals surface area contributed by atoms with E-state index in [4.69, 9.17) is 0 Å². The summed E-state index contributed by atoms with van der Waals surface area (Å²) < 4.78 is 0. The number of benzene rings is 2. The molecule has 0 bridgehead atoms. The van der Waals surface area contributed by atoms with Crippen molar-refractivity contribution in [2.75, 3.05) is 0 Å². The molecular formula is C12H12BP. The highest BCUT2D eigenvalue weighted by molar-refractivity contribution is 7.68. The van der Waals surface area contributed by atoms with Crippen LogP contribution in [0.5, 0.6) is 0 Å². The molecule has 14 heavy (non-hydrogen) atoms. The first-order valence-electron chi connectivity index (χ1n) is 4.73. The third kappa shape index (κ3) is 2.05. The first kappa shape index (κ1) is 9.49. The molecule has 0 aromatic heterocycles. The second-order valence-corrected chi connectivity index (χ2v) is 3.97. The Kier molecular flexibility index (Phi) is 3.01. The SMILES string of the molecule is PB(c1ccccc1)c1ccccc1. The van der Waals surface area contributed by atoms with E-state index in [-0.39, 0.29) is 0 Å². The highest BCUT2D eigenvalue weighted by atomic mass is 31.0. The van der Waals surface area contributed by atoms with E-state index in [1.165, 1.54) is 10.9 Å². The molecular weight excluding hydrogens is 186 g/mol. The maximum absolute atomic E-state index is 2.89. The minimum absolute atomic E-state index is 0.400. The van der Waals surface area contributed by atoms with E-state index >= 15 is 0 Å². The Hall–Kier alpha value is -1.07. The second-order valence-electron chi connectivity index (χ2n) is 3.30. The fourth-order valence-electron chi connectivity index (χ4n) is 1.51. The highest BCUT2D eigenvalue weighted by Crippen LogP contribution is 1.98. The van der Waals surface area contributed by atoms with Crippen molar-refractivity contribution in [2.24, 2.45) is 0 Å². The zero-order chi connectivity index (χ0) is 9.80. The first-order chi connectivity index (χ1) is 6.88. The maximum Gasteiger partial charge on any atom is 0.230 e. The van der Waals surface area contributed by atoms with Crippen molar-refractivity contribution in [3.05, 3.63) is 60.7 Å². The zero-order valence-corrected chi connectivity index (χ0v) is 9.08. The molecule has 0 spiro atoms. The average Bonchev–Trinajstić information content (AvgIpc) is 2.30. The molecule has 0 radical (unpaired) electrons. The summed E-state index contributed by atoms with van der Waals surface area (Å²) in [7, 11) is 2.89. The molecule has 0 aliphatic carbocycles. The van der Waals surface area contributed by atoms with Crippen molar-refractivity contribution < 1.29 is 0 Å². The number of hydrogen-bond acceptors (Lipinski definition) is 0. The minimum atomic E-state index is 0.400. The summed E-state index contributed by atoms with van der Waals surface area (Å²) in [5.74, 6) is 0. The number of rotatable bonds is 2. The molecule has 0 aliphatic heterocycles. The Morgan fingerprint density at radius 3 is 1.36 bits per heavy atom.